The van der Waals surface area contributed by atoms with Crippen LogP contribution in [0.4, 0.5) is 4.39 Å². The van der Waals surface area contributed by atoms with Crippen molar-refractivity contribution in [1.82, 2.24) is 29.7 Å². The first kappa shape index (κ1) is 23.3. The lowest BCUT2D eigenvalue weighted by Crippen LogP contribution is -2.24. The van der Waals surface area contributed by atoms with E-state index in [9.17, 15) is 12.8 Å². The number of primary sulfonamides is 1. The van der Waals surface area contributed by atoms with Gasteiger partial charge in [0.15, 0.2) is 17.0 Å². The van der Waals surface area contributed by atoms with Crippen molar-refractivity contribution in [3.05, 3.63) is 48.4 Å². The number of rotatable bonds is 6. The minimum Gasteiger partial charge on any atom is -0.473 e. The van der Waals surface area contributed by atoms with Gasteiger partial charge in [-0.25, -0.2) is 27.9 Å². The Morgan fingerprint density at radius 2 is 1.94 bits per heavy atom. The zero-order chi connectivity index (χ0) is 24.7. The first-order chi connectivity index (χ1) is 16.7. The predicted molar refractivity (Wildman–Crippen MR) is 122 cm³/mol. The molecule has 2 N–H and O–H groups in total. The second-order valence-corrected chi connectivity index (χ2v) is 10.4. The highest BCUT2D eigenvalue weighted by molar-refractivity contribution is 7.89. The molecule has 13 heteroatoms. The normalized spacial score (nSPS) is 18.9. The third-order valence-corrected chi connectivity index (χ3v) is 6.99. The highest BCUT2D eigenvalue weighted by atomic mass is 32.2. The van der Waals surface area contributed by atoms with E-state index in [0.29, 0.717) is 28.8 Å². The van der Waals surface area contributed by atoms with Gasteiger partial charge in [-0.3, -0.25) is 4.57 Å². The molecule has 4 aromatic rings. The van der Waals surface area contributed by atoms with Crippen molar-refractivity contribution in [2.45, 2.75) is 62.4 Å². The molecule has 1 aromatic carbocycles. The fourth-order valence-electron chi connectivity index (χ4n) is 4.17. The molecule has 0 spiro atoms. The fraction of sp³-hybridized carbons (Fsp3) is 0.409. The molecule has 184 valence electrons. The van der Waals surface area contributed by atoms with Gasteiger partial charge in [-0.2, -0.15) is 9.97 Å². The maximum Gasteiger partial charge on any atom is 0.245 e. The number of hydrogen-bond acceptors (Lipinski definition) is 9. The maximum atomic E-state index is 14.7. The molecule has 35 heavy (non-hydrogen) atoms. The Labute approximate surface area is 200 Å². The van der Waals surface area contributed by atoms with Gasteiger partial charge in [0.25, 0.3) is 0 Å². The molecule has 3 aromatic heterocycles. The van der Waals surface area contributed by atoms with Gasteiger partial charge in [-0.15, -0.1) is 0 Å². The van der Waals surface area contributed by atoms with Crippen LogP contribution in [-0.2, 0) is 10.0 Å². The van der Waals surface area contributed by atoms with E-state index in [1.54, 1.807) is 0 Å². The van der Waals surface area contributed by atoms with Crippen molar-refractivity contribution < 1.29 is 22.1 Å². The molecule has 1 aliphatic rings. The standard InChI is InChI=1S/C22H24FN7O4S/c1-12(2)19-28-21(34-29-19)13-3-5-14(6-4-13)33-22-18-20(25-10-26-22)30(11-27-18)17-8-7-15(9-16(17)23)35(24,31)32/h7-14H,3-6H2,1-2H3,(H2,24,31,32). The topological polar surface area (TPSA) is 152 Å². The summed E-state index contributed by atoms with van der Waals surface area (Å²) in [5.74, 6) is 1.32. The largest absolute Gasteiger partial charge is 0.473 e. The van der Waals surface area contributed by atoms with Gasteiger partial charge < -0.3 is 9.26 Å². The van der Waals surface area contributed by atoms with E-state index in [1.807, 2.05) is 13.8 Å². The molecule has 0 aliphatic heterocycles. The number of benzene rings is 1. The quantitative estimate of drug-likeness (QED) is 0.420. The number of ether oxygens (including phenoxy) is 1. The molecule has 0 amide bonds. The van der Waals surface area contributed by atoms with Crippen LogP contribution in [0.1, 0.15) is 63.1 Å². The average molecular weight is 502 g/mol. The van der Waals surface area contributed by atoms with Crippen LogP contribution in [-0.4, -0.2) is 44.2 Å². The van der Waals surface area contributed by atoms with Gasteiger partial charge in [0.1, 0.15) is 24.6 Å². The van der Waals surface area contributed by atoms with E-state index in [1.165, 1.54) is 29.4 Å². The predicted octanol–water partition coefficient (Wildman–Crippen LogP) is 3.21. The number of halogens is 1. The molecule has 1 saturated carbocycles. The molecule has 1 aliphatic carbocycles. The van der Waals surface area contributed by atoms with E-state index in [2.05, 4.69) is 25.1 Å². The van der Waals surface area contributed by atoms with Crippen LogP contribution in [0.3, 0.4) is 0 Å². The third-order valence-electron chi connectivity index (χ3n) is 6.08. The first-order valence-electron chi connectivity index (χ1n) is 11.2. The zero-order valence-electron chi connectivity index (χ0n) is 19.1. The van der Waals surface area contributed by atoms with Crippen molar-refractivity contribution in [2.75, 3.05) is 0 Å². The Kier molecular flexibility index (Phi) is 5.97. The third kappa shape index (κ3) is 4.60. The van der Waals surface area contributed by atoms with Crippen LogP contribution in [0, 0.1) is 5.82 Å². The lowest BCUT2D eigenvalue weighted by Gasteiger charge is -2.26. The highest BCUT2D eigenvalue weighted by Crippen LogP contribution is 2.35. The van der Waals surface area contributed by atoms with Crippen LogP contribution in [0.2, 0.25) is 0 Å². The lowest BCUT2D eigenvalue weighted by molar-refractivity contribution is 0.135. The maximum absolute atomic E-state index is 14.7. The lowest BCUT2D eigenvalue weighted by atomic mass is 9.87. The van der Waals surface area contributed by atoms with E-state index < -0.39 is 15.8 Å². The summed E-state index contributed by atoms with van der Waals surface area (Å²) >= 11 is 0. The second-order valence-electron chi connectivity index (χ2n) is 8.86. The number of hydrogen-bond donors (Lipinski definition) is 1. The molecule has 1 fully saturated rings. The molecule has 0 saturated heterocycles. The van der Waals surface area contributed by atoms with Gasteiger partial charge in [-0.1, -0.05) is 19.0 Å². The summed E-state index contributed by atoms with van der Waals surface area (Å²) in [6, 6.07) is 3.40. The summed E-state index contributed by atoms with van der Waals surface area (Å²) in [7, 11) is -4.02. The number of fused-ring (bicyclic) bond motifs is 1. The van der Waals surface area contributed by atoms with Crippen molar-refractivity contribution in [1.29, 1.82) is 0 Å². The van der Waals surface area contributed by atoms with Crippen molar-refractivity contribution in [2.24, 2.45) is 5.14 Å². The number of nitrogens with two attached hydrogens (primary N) is 1. The van der Waals surface area contributed by atoms with Crippen LogP contribution < -0.4 is 9.88 Å². The first-order valence-corrected chi connectivity index (χ1v) is 12.8. The van der Waals surface area contributed by atoms with Crippen LogP contribution in [0.25, 0.3) is 16.9 Å². The van der Waals surface area contributed by atoms with Gasteiger partial charge >= 0.3 is 0 Å². The molecule has 11 nitrogen and oxygen atoms in total. The number of imidazole rings is 1. The summed E-state index contributed by atoms with van der Waals surface area (Å²) in [5.41, 5.74) is 0.784. The van der Waals surface area contributed by atoms with Gasteiger partial charge in [0.2, 0.25) is 21.8 Å². The average Bonchev–Trinajstić information content (AvgIpc) is 3.47. The molecule has 0 unspecified atom stereocenters. The summed E-state index contributed by atoms with van der Waals surface area (Å²) in [5, 5.41) is 9.14. The van der Waals surface area contributed by atoms with E-state index in [-0.39, 0.29) is 28.5 Å². The number of nitrogens with zero attached hydrogens (tertiary/aromatic N) is 6. The number of sulfonamides is 1. The fourth-order valence-corrected chi connectivity index (χ4v) is 4.69. The minimum absolute atomic E-state index is 0.0744. The molecule has 5 rings (SSSR count). The molecule has 0 bridgehead atoms. The van der Waals surface area contributed by atoms with E-state index in [4.69, 9.17) is 14.4 Å². The summed E-state index contributed by atoms with van der Waals surface area (Å²) in [6.45, 7) is 4.05. The second kappa shape index (κ2) is 8.96. The summed E-state index contributed by atoms with van der Waals surface area (Å²) < 4.78 is 50.7. The van der Waals surface area contributed by atoms with Crippen LogP contribution >= 0.6 is 0 Å². The van der Waals surface area contributed by atoms with Crippen molar-refractivity contribution in [3.63, 3.8) is 0 Å². The highest BCUT2D eigenvalue weighted by Gasteiger charge is 2.29. The van der Waals surface area contributed by atoms with Gasteiger partial charge in [0.05, 0.1) is 10.6 Å². The van der Waals surface area contributed by atoms with Gasteiger partial charge in [-0.05, 0) is 43.9 Å². The van der Waals surface area contributed by atoms with Crippen LogP contribution in [0.5, 0.6) is 5.88 Å². The van der Waals surface area contributed by atoms with Gasteiger partial charge in [0, 0.05) is 11.8 Å². The Bertz CT molecular complexity index is 1480. The molecular weight excluding hydrogens is 477 g/mol. The Morgan fingerprint density at radius 3 is 2.60 bits per heavy atom. The molecule has 3 heterocycles. The zero-order valence-corrected chi connectivity index (χ0v) is 19.9. The van der Waals surface area contributed by atoms with E-state index in [0.717, 1.165) is 31.7 Å². The number of aromatic nitrogens is 6. The Hall–Kier alpha value is -3.45. The smallest absolute Gasteiger partial charge is 0.245 e. The Morgan fingerprint density at radius 1 is 1.17 bits per heavy atom. The monoisotopic (exact) mass is 501 g/mol. The van der Waals surface area contributed by atoms with Crippen molar-refractivity contribution in [3.8, 4) is 11.6 Å². The minimum atomic E-state index is -4.02. The van der Waals surface area contributed by atoms with Crippen LogP contribution in [0.15, 0.2) is 40.3 Å². The molecule has 0 atom stereocenters. The molecular formula is C22H24FN7O4S. The van der Waals surface area contributed by atoms with E-state index >= 15 is 0 Å². The SMILES string of the molecule is CC(C)c1noc(C2CCC(Oc3ncnc4c3ncn4-c3ccc(S(N)(=O)=O)cc3F)CC2)n1. The summed E-state index contributed by atoms with van der Waals surface area (Å²) in [6.07, 6.45) is 5.88. The Balaban J connectivity index is 1.33. The van der Waals surface area contributed by atoms with Crippen molar-refractivity contribution >= 4 is 21.2 Å². The summed E-state index contributed by atoms with van der Waals surface area (Å²) in [4.78, 5) is 17.0. The molecule has 0 radical (unpaired) electrons.